The summed E-state index contributed by atoms with van der Waals surface area (Å²) in [4.78, 5) is 10.5. The average molecular weight is 204 g/mol. The standard InChI is InChI=1S/C14H20O/c1-14(2,3)10-8-12-6-4-5-7-13(12)9-11-15/h4-7,11H,8-10H2,1-3H3. The van der Waals surface area contributed by atoms with Crippen LogP contribution in [0.15, 0.2) is 24.3 Å². The van der Waals surface area contributed by atoms with Crippen LogP contribution in [0.2, 0.25) is 0 Å². The van der Waals surface area contributed by atoms with Crippen molar-refractivity contribution < 1.29 is 4.79 Å². The number of rotatable bonds is 4. The number of benzene rings is 1. The Morgan fingerprint density at radius 2 is 1.73 bits per heavy atom. The second-order valence-corrected chi connectivity index (χ2v) is 5.20. The van der Waals surface area contributed by atoms with Crippen molar-refractivity contribution in [3.63, 3.8) is 0 Å². The lowest BCUT2D eigenvalue weighted by Crippen LogP contribution is -2.07. The van der Waals surface area contributed by atoms with Gasteiger partial charge in [-0.15, -0.1) is 0 Å². The lowest BCUT2D eigenvalue weighted by atomic mass is 9.87. The molecule has 0 atom stereocenters. The Balaban J connectivity index is 2.71. The molecule has 1 rings (SSSR count). The summed E-state index contributed by atoms with van der Waals surface area (Å²) in [5, 5.41) is 0. The molecule has 0 radical (unpaired) electrons. The first-order chi connectivity index (χ1) is 7.03. The van der Waals surface area contributed by atoms with Crippen molar-refractivity contribution >= 4 is 6.29 Å². The minimum atomic E-state index is 0.355. The first kappa shape index (κ1) is 12.0. The molecule has 0 spiro atoms. The van der Waals surface area contributed by atoms with Gasteiger partial charge in [-0.1, -0.05) is 45.0 Å². The number of hydrogen-bond donors (Lipinski definition) is 0. The Kier molecular flexibility index (Phi) is 4.07. The molecule has 0 aliphatic heterocycles. The van der Waals surface area contributed by atoms with E-state index >= 15 is 0 Å². The van der Waals surface area contributed by atoms with Crippen LogP contribution in [0.3, 0.4) is 0 Å². The van der Waals surface area contributed by atoms with Gasteiger partial charge in [0.2, 0.25) is 0 Å². The van der Waals surface area contributed by atoms with Crippen LogP contribution in [0.4, 0.5) is 0 Å². The molecular formula is C14H20O. The normalized spacial score (nSPS) is 11.4. The van der Waals surface area contributed by atoms with Crippen molar-refractivity contribution in [2.75, 3.05) is 0 Å². The molecule has 0 fully saturated rings. The molecule has 0 heterocycles. The van der Waals surface area contributed by atoms with Gasteiger partial charge in [-0.25, -0.2) is 0 Å². The van der Waals surface area contributed by atoms with Gasteiger partial charge < -0.3 is 4.79 Å². The van der Waals surface area contributed by atoms with E-state index in [2.05, 4.69) is 26.8 Å². The Bertz CT molecular complexity index is 320. The highest BCUT2D eigenvalue weighted by Gasteiger charge is 2.11. The van der Waals surface area contributed by atoms with Gasteiger partial charge in [0.1, 0.15) is 6.29 Å². The zero-order valence-corrected chi connectivity index (χ0v) is 9.92. The molecule has 1 nitrogen and oxygen atoms in total. The number of carbonyl (C=O) groups is 1. The molecule has 82 valence electrons. The van der Waals surface area contributed by atoms with E-state index in [9.17, 15) is 4.79 Å². The predicted molar refractivity (Wildman–Crippen MR) is 64.0 cm³/mol. The third-order valence-electron chi connectivity index (χ3n) is 2.57. The van der Waals surface area contributed by atoms with Crippen LogP contribution in [-0.4, -0.2) is 6.29 Å². The molecule has 15 heavy (non-hydrogen) atoms. The van der Waals surface area contributed by atoms with E-state index in [4.69, 9.17) is 0 Å². The van der Waals surface area contributed by atoms with Gasteiger partial charge in [-0.2, -0.15) is 0 Å². The molecule has 0 unspecified atom stereocenters. The molecule has 0 N–H and O–H groups in total. The fourth-order valence-corrected chi connectivity index (χ4v) is 1.60. The van der Waals surface area contributed by atoms with E-state index in [1.54, 1.807) is 0 Å². The fraction of sp³-hybridized carbons (Fsp3) is 0.500. The summed E-state index contributed by atoms with van der Waals surface area (Å²) < 4.78 is 0. The van der Waals surface area contributed by atoms with Gasteiger partial charge in [0.15, 0.2) is 0 Å². The maximum atomic E-state index is 10.5. The Hall–Kier alpha value is -1.11. The molecule has 0 saturated heterocycles. The van der Waals surface area contributed by atoms with E-state index in [1.807, 2.05) is 18.2 Å². The largest absolute Gasteiger partial charge is 0.303 e. The van der Waals surface area contributed by atoms with Crippen LogP contribution in [0.5, 0.6) is 0 Å². The molecule has 0 amide bonds. The number of carbonyl (C=O) groups excluding carboxylic acids is 1. The monoisotopic (exact) mass is 204 g/mol. The molecule has 0 aromatic heterocycles. The van der Waals surface area contributed by atoms with Gasteiger partial charge in [0.25, 0.3) is 0 Å². The number of aldehydes is 1. The van der Waals surface area contributed by atoms with Crippen molar-refractivity contribution in [3.8, 4) is 0 Å². The lowest BCUT2D eigenvalue weighted by molar-refractivity contribution is -0.107. The third-order valence-corrected chi connectivity index (χ3v) is 2.57. The summed E-state index contributed by atoms with van der Waals surface area (Å²) in [6.07, 6.45) is 3.74. The van der Waals surface area contributed by atoms with Crippen LogP contribution in [0.25, 0.3) is 0 Å². The van der Waals surface area contributed by atoms with Gasteiger partial charge in [0.05, 0.1) is 0 Å². The second kappa shape index (κ2) is 5.11. The molecule has 1 heteroatoms. The molecule has 0 aliphatic carbocycles. The highest BCUT2D eigenvalue weighted by atomic mass is 16.1. The third kappa shape index (κ3) is 4.28. The number of hydrogen-bond acceptors (Lipinski definition) is 1. The van der Waals surface area contributed by atoms with Gasteiger partial charge in [-0.3, -0.25) is 0 Å². The van der Waals surface area contributed by atoms with E-state index in [1.165, 1.54) is 11.1 Å². The maximum absolute atomic E-state index is 10.5. The molecule has 0 saturated carbocycles. The quantitative estimate of drug-likeness (QED) is 0.687. The fourth-order valence-electron chi connectivity index (χ4n) is 1.60. The van der Waals surface area contributed by atoms with Crippen LogP contribution in [-0.2, 0) is 17.6 Å². The Labute approximate surface area is 92.5 Å². The Morgan fingerprint density at radius 1 is 1.13 bits per heavy atom. The van der Waals surface area contributed by atoms with E-state index in [0.717, 1.165) is 19.1 Å². The summed E-state index contributed by atoms with van der Waals surface area (Å²) in [6, 6.07) is 8.22. The van der Waals surface area contributed by atoms with Crippen LogP contribution in [0, 0.1) is 5.41 Å². The highest BCUT2D eigenvalue weighted by molar-refractivity contribution is 5.56. The van der Waals surface area contributed by atoms with E-state index in [0.29, 0.717) is 11.8 Å². The number of aryl methyl sites for hydroxylation is 1. The van der Waals surface area contributed by atoms with Gasteiger partial charge in [-0.05, 0) is 29.4 Å². The van der Waals surface area contributed by atoms with Crippen LogP contribution < -0.4 is 0 Å². The van der Waals surface area contributed by atoms with Crippen molar-refractivity contribution in [3.05, 3.63) is 35.4 Å². The summed E-state index contributed by atoms with van der Waals surface area (Å²) in [6.45, 7) is 6.74. The first-order valence-electron chi connectivity index (χ1n) is 5.53. The second-order valence-electron chi connectivity index (χ2n) is 5.20. The summed E-state index contributed by atoms with van der Waals surface area (Å²) >= 11 is 0. The minimum absolute atomic E-state index is 0.355. The zero-order chi connectivity index (χ0) is 11.3. The summed E-state index contributed by atoms with van der Waals surface area (Å²) in [5.41, 5.74) is 2.85. The van der Waals surface area contributed by atoms with Gasteiger partial charge in [0, 0.05) is 6.42 Å². The zero-order valence-electron chi connectivity index (χ0n) is 9.92. The lowest BCUT2D eigenvalue weighted by Gasteiger charge is -2.18. The van der Waals surface area contributed by atoms with Crippen LogP contribution in [0.1, 0.15) is 38.3 Å². The molecule has 0 bridgehead atoms. The van der Waals surface area contributed by atoms with E-state index < -0.39 is 0 Å². The van der Waals surface area contributed by atoms with Crippen molar-refractivity contribution in [2.45, 2.75) is 40.0 Å². The Morgan fingerprint density at radius 3 is 2.27 bits per heavy atom. The smallest absolute Gasteiger partial charge is 0.124 e. The topological polar surface area (TPSA) is 17.1 Å². The van der Waals surface area contributed by atoms with Crippen molar-refractivity contribution in [1.82, 2.24) is 0 Å². The van der Waals surface area contributed by atoms with Crippen LogP contribution >= 0.6 is 0 Å². The SMILES string of the molecule is CC(C)(C)CCc1ccccc1CC=O. The average Bonchev–Trinajstić information content (AvgIpc) is 2.16. The first-order valence-corrected chi connectivity index (χ1v) is 5.53. The predicted octanol–water partition coefficient (Wildman–Crippen LogP) is 3.41. The summed E-state index contributed by atoms with van der Waals surface area (Å²) in [5.74, 6) is 0. The highest BCUT2D eigenvalue weighted by Crippen LogP contribution is 2.22. The molecule has 1 aromatic rings. The van der Waals surface area contributed by atoms with E-state index in [-0.39, 0.29) is 0 Å². The molecule has 0 aliphatic rings. The maximum Gasteiger partial charge on any atom is 0.124 e. The molecule has 1 aromatic carbocycles. The summed E-state index contributed by atoms with van der Waals surface area (Å²) in [7, 11) is 0. The van der Waals surface area contributed by atoms with Gasteiger partial charge >= 0.3 is 0 Å². The van der Waals surface area contributed by atoms with Crippen molar-refractivity contribution in [1.29, 1.82) is 0 Å². The minimum Gasteiger partial charge on any atom is -0.303 e. The molecular weight excluding hydrogens is 184 g/mol. The van der Waals surface area contributed by atoms with Crippen molar-refractivity contribution in [2.24, 2.45) is 5.41 Å².